The first-order valence-electron chi connectivity index (χ1n) is 4.24. The molecule has 64 valence electrons. The Morgan fingerprint density at radius 1 is 1.36 bits per heavy atom. The Morgan fingerprint density at radius 2 is 1.91 bits per heavy atom. The number of allylic oxidation sites excluding steroid dienone is 1. The van der Waals surface area contributed by atoms with Crippen molar-refractivity contribution in [2.75, 3.05) is 0 Å². The smallest absolute Gasteiger partial charge is 0.0676 e. The molecule has 0 aromatic rings. The number of hydrogen-bond acceptors (Lipinski definition) is 1. The highest BCUT2D eigenvalue weighted by molar-refractivity contribution is 5.09. The third kappa shape index (κ3) is 1.48. The average Bonchev–Trinajstić information content (AvgIpc) is 1.80. The lowest BCUT2D eigenvalue weighted by molar-refractivity contribution is -0.0690. The molecule has 1 unspecified atom stereocenters. The highest BCUT2D eigenvalue weighted by Gasteiger charge is 2.42. The van der Waals surface area contributed by atoms with E-state index in [1.807, 2.05) is 6.92 Å². The van der Waals surface area contributed by atoms with Gasteiger partial charge in [-0.15, -0.1) is 0 Å². The van der Waals surface area contributed by atoms with Gasteiger partial charge in [0.15, 0.2) is 0 Å². The molecule has 0 amide bonds. The Morgan fingerprint density at radius 3 is 2.27 bits per heavy atom. The first-order chi connectivity index (χ1) is 4.85. The minimum absolute atomic E-state index is 0.00231. The quantitative estimate of drug-likeness (QED) is 0.531. The summed E-state index contributed by atoms with van der Waals surface area (Å²) in [5.74, 6) is 0. The van der Waals surface area contributed by atoms with E-state index in [9.17, 15) is 5.11 Å². The van der Waals surface area contributed by atoms with Gasteiger partial charge in [-0.25, -0.2) is 0 Å². The Hall–Kier alpha value is -0.300. The van der Waals surface area contributed by atoms with Gasteiger partial charge in [0, 0.05) is 0 Å². The Bertz CT molecular complexity index is 177. The van der Waals surface area contributed by atoms with Crippen LogP contribution < -0.4 is 0 Å². The van der Waals surface area contributed by atoms with Crippen molar-refractivity contribution < 1.29 is 5.11 Å². The van der Waals surface area contributed by atoms with Gasteiger partial charge in [-0.2, -0.15) is 0 Å². The van der Waals surface area contributed by atoms with E-state index in [0.29, 0.717) is 0 Å². The zero-order valence-electron chi connectivity index (χ0n) is 7.78. The van der Waals surface area contributed by atoms with Crippen LogP contribution >= 0.6 is 0 Å². The summed E-state index contributed by atoms with van der Waals surface area (Å²) < 4.78 is 0. The SMILES string of the molecule is C=C1CCC(C)(O)C(C)(C)C1. The van der Waals surface area contributed by atoms with Crippen LogP contribution in [0.2, 0.25) is 0 Å². The first-order valence-corrected chi connectivity index (χ1v) is 4.24. The Labute approximate surface area is 69.1 Å². The van der Waals surface area contributed by atoms with Crippen molar-refractivity contribution in [3.05, 3.63) is 12.2 Å². The van der Waals surface area contributed by atoms with Crippen LogP contribution in [0.1, 0.15) is 40.0 Å². The van der Waals surface area contributed by atoms with E-state index >= 15 is 0 Å². The fourth-order valence-corrected chi connectivity index (χ4v) is 1.66. The van der Waals surface area contributed by atoms with Gasteiger partial charge >= 0.3 is 0 Å². The molecule has 0 heterocycles. The average molecular weight is 154 g/mol. The Kier molecular flexibility index (Phi) is 1.87. The fraction of sp³-hybridized carbons (Fsp3) is 0.800. The normalized spacial score (nSPS) is 37.3. The Balaban J connectivity index is 2.80. The predicted octanol–water partition coefficient (Wildman–Crippen LogP) is 2.50. The van der Waals surface area contributed by atoms with Crippen LogP contribution in [0.5, 0.6) is 0 Å². The largest absolute Gasteiger partial charge is 0.390 e. The maximum atomic E-state index is 9.98. The fourth-order valence-electron chi connectivity index (χ4n) is 1.66. The molecule has 0 spiro atoms. The molecule has 0 radical (unpaired) electrons. The van der Waals surface area contributed by atoms with Crippen molar-refractivity contribution in [2.24, 2.45) is 5.41 Å². The monoisotopic (exact) mass is 154 g/mol. The lowest BCUT2D eigenvalue weighted by Gasteiger charge is -2.44. The van der Waals surface area contributed by atoms with E-state index < -0.39 is 5.60 Å². The third-order valence-corrected chi connectivity index (χ3v) is 3.12. The topological polar surface area (TPSA) is 20.2 Å². The number of rotatable bonds is 0. The number of hydrogen-bond donors (Lipinski definition) is 1. The van der Waals surface area contributed by atoms with Crippen LogP contribution in [-0.4, -0.2) is 10.7 Å². The standard InChI is InChI=1S/C10H18O/c1-8-5-6-10(4,11)9(2,3)7-8/h11H,1,5-7H2,2-4H3. The molecule has 0 aromatic heterocycles. The maximum Gasteiger partial charge on any atom is 0.0676 e. The van der Waals surface area contributed by atoms with Gasteiger partial charge in [-0.1, -0.05) is 26.0 Å². The van der Waals surface area contributed by atoms with Crippen molar-refractivity contribution in [3.8, 4) is 0 Å². The van der Waals surface area contributed by atoms with Crippen molar-refractivity contribution in [3.63, 3.8) is 0 Å². The van der Waals surface area contributed by atoms with Crippen molar-refractivity contribution in [1.29, 1.82) is 0 Å². The molecule has 1 rings (SSSR count). The summed E-state index contributed by atoms with van der Waals surface area (Å²) in [6.07, 6.45) is 2.80. The zero-order chi connectivity index (χ0) is 8.70. The molecular weight excluding hydrogens is 136 g/mol. The molecule has 1 nitrogen and oxygen atoms in total. The molecular formula is C10H18O. The second kappa shape index (κ2) is 2.34. The minimum atomic E-state index is -0.506. The van der Waals surface area contributed by atoms with Gasteiger partial charge in [0.2, 0.25) is 0 Å². The van der Waals surface area contributed by atoms with Crippen LogP contribution in [-0.2, 0) is 0 Å². The molecule has 1 atom stereocenters. The number of aliphatic hydroxyl groups is 1. The predicted molar refractivity (Wildman–Crippen MR) is 47.4 cm³/mol. The summed E-state index contributed by atoms with van der Waals surface area (Å²) in [5.41, 5.74) is 0.776. The van der Waals surface area contributed by atoms with E-state index in [2.05, 4.69) is 20.4 Å². The van der Waals surface area contributed by atoms with E-state index in [0.717, 1.165) is 19.3 Å². The van der Waals surface area contributed by atoms with Crippen LogP contribution in [0.25, 0.3) is 0 Å². The van der Waals surface area contributed by atoms with Crippen molar-refractivity contribution in [1.82, 2.24) is 0 Å². The molecule has 0 saturated heterocycles. The minimum Gasteiger partial charge on any atom is -0.390 e. The van der Waals surface area contributed by atoms with Crippen molar-refractivity contribution >= 4 is 0 Å². The van der Waals surface area contributed by atoms with Gasteiger partial charge in [0.1, 0.15) is 0 Å². The van der Waals surface area contributed by atoms with Crippen LogP contribution in [0.15, 0.2) is 12.2 Å². The lowest BCUT2D eigenvalue weighted by Crippen LogP contribution is -2.44. The molecule has 1 fully saturated rings. The summed E-state index contributed by atoms with van der Waals surface area (Å²) in [6.45, 7) is 10.1. The van der Waals surface area contributed by atoms with Gasteiger partial charge in [-0.05, 0) is 31.6 Å². The van der Waals surface area contributed by atoms with Crippen LogP contribution in [0.3, 0.4) is 0 Å². The van der Waals surface area contributed by atoms with Gasteiger partial charge in [0.05, 0.1) is 5.60 Å². The van der Waals surface area contributed by atoms with Gasteiger partial charge in [0.25, 0.3) is 0 Å². The van der Waals surface area contributed by atoms with E-state index in [1.165, 1.54) is 5.57 Å². The van der Waals surface area contributed by atoms with Crippen LogP contribution in [0.4, 0.5) is 0 Å². The molecule has 11 heavy (non-hydrogen) atoms. The molecule has 1 aliphatic rings. The van der Waals surface area contributed by atoms with E-state index in [1.54, 1.807) is 0 Å². The highest BCUT2D eigenvalue weighted by atomic mass is 16.3. The molecule has 0 aromatic carbocycles. The zero-order valence-corrected chi connectivity index (χ0v) is 7.78. The molecule has 0 bridgehead atoms. The van der Waals surface area contributed by atoms with Crippen LogP contribution in [0, 0.1) is 5.41 Å². The molecule has 1 N–H and O–H groups in total. The highest BCUT2D eigenvalue weighted by Crippen LogP contribution is 2.44. The summed E-state index contributed by atoms with van der Waals surface area (Å²) in [4.78, 5) is 0. The first kappa shape index (κ1) is 8.79. The second-order valence-corrected chi connectivity index (χ2v) is 4.58. The lowest BCUT2D eigenvalue weighted by atomic mass is 9.65. The third-order valence-electron chi connectivity index (χ3n) is 3.12. The maximum absolute atomic E-state index is 9.98. The second-order valence-electron chi connectivity index (χ2n) is 4.58. The molecule has 1 aliphatic carbocycles. The molecule has 0 aliphatic heterocycles. The molecule has 1 heteroatoms. The molecule has 1 saturated carbocycles. The van der Waals surface area contributed by atoms with Gasteiger partial charge in [-0.3, -0.25) is 0 Å². The van der Waals surface area contributed by atoms with Crippen molar-refractivity contribution in [2.45, 2.75) is 45.6 Å². The summed E-state index contributed by atoms with van der Waals surface area (Å²) >= 11 is 0. The van der Waals surface area contributed by atoms with E-state index in [4.69, 9.17) is 0 Å². The summed E-state index contributed by atoms with van der Waals surface area (Å²) in [7, 11) is 0. The summed E-state index contributed by atoms with van der Waals surface area (Å²) in [5, 5.41) is 9.98. The summed E-state index contributed by atoms with van der Waals surface area (Å²) in [6, 6.07) is 0. The van der Waals surface area contributed by atoms with Gasteiger partial charge < -0.3 is 5.11 Å². The van der Waals surface area contributed by atoms with E-state index in [-0.39, 0.29) is 5.41 Å².